The van der Waals surface area contributed by atoms with Gasteiger partial charge in [-0.15, -0.1) is 0 Å². The van der Waals surface area contributed by atoms with E-state index in [2.05, 4.69) is 9.97 Å². The van der Waals surface area contributed by atoms with E-state index in [9.17, 15) is 14.0 Å². The minimum absolute atomic E-state index is 0.0224. The van der Waals surface area contributed by atoms with Gasteiger partial charge in [0, 0.05) is 19.2 Å². The number of alkyl halides is 1. The van der Waals surface area contributed by atoms with Crippen LogP contribution < -0.4 is 0 Å². The van der Waals surface area contributed by atoms with Crippen molar-refractivity contribution in [1.29, 1.82) is 0 Å². The number of likely N-dealkylation sites (tertiary alicyclic amines) is 1. The lowest BCUT2D eigenvalue weighted by Crippen LogP contribution is -2.39. The van der Waals surface area contributed by atoms with E-state index in [0.29, 0.717) is 11.3 Å². The third kappa shape index (κ3) is 2.48. The van der Waals surface area contributed by atoms with E-state index in [-0.39, 0.29) is 18.9 Å². The maximum Gasteiger partial charge on any atom is 0.343 e. The highest BCUT2D eigenvalue weighted by Gasteiger charge is 2.47. The van der Waals surface area contributed by atoms with E-state index in [1.807, 2.05) is 13.8 Å². The number of carboxylic acid groups (broad SMARTS) is 1. The molecule has 6 nitrogen and oxygen atoms in total. The fourth-order valence-electron chi connectivity index (χ4n) is 2.26. The van der Waals surface area contributed by atoms with Crippen molar-refractivity contribution < 1.29 is 19.1 Å². The largest absolute Gasteiger partial charge is 0.479 e. The first-order chi connectivity index (χ1) is 9.35. The first-order valence-electron chi connectivity index (χ1n) is 6.36. The highest BCUT2D eigenvalue weighted by atomic mass is 19.1. The fourth-order valence-corrected chi connectivity index (χ4v) is 2.26. The van der Waals surface area contributed by atoms with Crippen LogP contribution in [0.3, 0.4) is 0 Å². The van der Waals surface area contributed by atoms with E-state index in [1.165, 1.54) is 17.4 Å². The Morgan fingerprint density at radius 1 is 1.50 bits per heavy atom. The number of carbonyl (C=O) groups excluding carboxylic acids is 1. The maximum absolute atomic E-state index is 14.0. The first-order valence-corrected chi connectivity index (χ1v) is 6.36. The second kappa shape index (κ2) is 5.15. The molecule has 1 aromatic rings. The fraction of sp³-hybridized carbons (Fsp3) is 0.538. The van der Waals surface area contributed by atoms with Crippen LogP contribution >= 0.6 is 0 Å². The molecule has 108 valence electrons. The Morgan fingerprint density at radius 3 is 2.75 bits per heavy atom. The molecule has 7 heteroatoms. The van der Waals surface area contributed by atoms with Gasteiger partial charge < -0.3 is 10.0 Å². The smallest absolute Gasteiger partial charge is 0.343 e. The number of hydrogen-bond acceptors (Lipinski definition) is 4. The van der Waals surface area contributed by atoms with Gasteiger partial charge in [0.2, 0.25) is 5.67 Å². The van der Waals surface area contributed by atoms with Gasteiger partial charge in [0.05, 0.1) is 17.8 Å². The van der Waals surface area contributed by atoms with Gasteiger partial charge in [0.25, 0.3) is 5.91 Å². The number of carboxylic acids is 1. The number of carbonyl (C=O) groups is 2. The summed E-state index contributed by atoms with van der Waals surface area (Å²) in [6, 6.07) is 0. The zero-order valence-corrected chi connectivity index (χ0v) is 11.3. The molecule has 1 aliphatic rings. The van der Waals surface area contributed by atoms with Crippen molar-refractivity contribution in [3.63, 3.8) is 0 Å². The van der Waals surface area contributed by atoms with Gasteiger partial charge in [-0.25, -0.2) is 19.2 Å². The molecule has 1 aliphatic heterocycles. The second-order valence-corrected chi connectivity index (χ2v) is 5.22. The summed E-state index contributed by atoms with van der Waals surface area (Å²) in [7, 11) is 0. The van der Waals surface area contributed by atoms with Crippen LogP contribution in [0.15, 0.2) is 12.5 Å². The Kier molecular flexibility index (Phi) is 3.69. The molecule has 0 bridgehead atoms. The molecule has 20 heavy (non-hydrogen) atoms. The number of amides is 1. The van der Waals surface area contributed by atoms with Crippen LogP contribution in [0.25, 0.3) is 0 Å². The van der Waals surface area contributed by atoms with E-state index in [1.54, 1.807) is 0 Å². The van der Waals surface area contributed by atoms with Crippen molar-refractivity contribution in [2.45, 2.75) is 31.9 Å². The maximum atomic E-state index is 14.0. The number of nitrogens with zero attached hydrogens (tertiary/aromatic N) is 3. The summed E-state index contributed by atoms with van der Waals surface area (Å²) in [6.45, 7) is 3.42. The number of hydrogen-bond donors (Lipinski definition) is 1. The minimum atomic E-state index is -2.36. The third-order valence-corrected chi connectivity index (χ3v) is 3.41. The van der Waals surface area contributed by atoms with Gasteiger partial charge in [0.1, 0.15) is 6.33 Å². The van der Waals surface area contributed by atoms with E-state index < -0.39 is 24.1 Å². The quantitative estimate of drug-likeness (QED) is 0.901. The summed E-state index contributed by atoms with van der Waals surface area (Å²) in [5, 5.41) is 8.85. The van der Waals surface area contributed by atoms with Crippen LogP contribution in [0, 0.1) is 0 Å². The lowest BCUT2D eigenvalue weighted by Gasteiger charge is -2.19. The monoisotopic (exact) mass is 281 g/mol. The lowest BCUT2D eigenvalue weighted by atomic mass is 10.0. The number of rotatable bonds is 3. The van der Waals surface area contributed by atoms with Gasteiger partial charge in [0.15, 0.2) is 0 Å². The molecule has 2 rings (SSSR count). The van der Waals surface area contributed by atoms with Crippen LogP contribution in [0.4, 0.5) is 4.39 Å². The summed E-state index contributed by atoms with van der Waals surface area (Å²) < 4.78 is 14.0. The van der Waals surface area contributed by atoms with Crippen LogP contribution in [0.5, 0.6) is 0 Å². The summed E-state index contributed by atoms with van der Waals surface area (Å²) in [6.07, 6.45) is 2.55. The molecule has 1 saturated heterocycles. The predicted octanol–water partition coefficient (Wildman–Crippen LogP) is 1.24. The van der Waals surface area contributed by atoms with Crippen molar-refractivity contribution in [3.05, 3.63) is 23.8 Å². The zero-order valence-electron chi connectivity index (χ0n) is 11.3. The van der Waals surface area contributed by atoms with Gasteiger partial charge >= 0.3 is 5.97 Å². The molecule has 0 radical (unpaired) electrons. The van der Waals surface area contributed by atoms with Crippen molar-refractivity contribution in [1.82, 2.24) is 14.9 Å². The Bertz CT molecular complexity index is 549. The second-order valence-electron chi connectivity index (χ2n) is 5.22. The average Bonchev–Trinajstić information content (AvgIpc) is 2.82. The lowest BCUT2D eigenvalue weighted by molar-refractivity contribution is -0.149. The molecule has 0 saturated carbocycles. The molecule has 1 unspecified atom stereocenters. The minimum Gasteiger partial charge on any atom is -0.479 e. The Hall–Kier alpha value is -2.05. The predicted molar refractivity (Wildman–Crippen MR) is 68.1 cm³/mol. The molecule has 1 atom stereocenters. The van der Waals surface area contributed by atoms with Gasteiger partial charge in [-0.2, -0.15) is 0 Å². The standard InChI is InChI=1S/C13H16FN3O3/c1-8(2)10-9(5-15-7-16-10)11(18)17-4-3-13(14,6-17)12(19)20/h5,7-8H,3-4,6H2,1-2H3,(H,19,20). The number of aliphatic carboxylic acids is 1. The van der Waals surface area contributed by atoms with Crippen LogP contribution in [0.2, 0.25) is 0 Å². The molecule has 1 amide bonds. The molecular weight excluding hydrogens is 265 g/mol. The number of halogens is 1. The molecule has 1 fully saturated rings. The van der Waals surface area contributed by atoms with Crippen molar-refractivity contribution in [3.8, 4) is 0 Å². The summed E-state index contributed by atoms with van der Waals surface area (Å²) in [4.78, 5) is 32.3. The Labute approximate surface area is 115 Å². The first kappa shape index (κ1) is 14.4. The summed E-state index contributed by atoms with van der Waals surface area (Å²) >= 11 is 0. The molecule has 2 heterocycles. The van der Waals surface area contributed by atoms with Crippen LogP contribution in [-0.2, 0) is 4.79 Å². The van der Waals surface area contributed by atoms with Gasteiger partial charge in [-0.3, -0.25) is 4.79 Å². The highest BCUT2D eigenvalue weighted by Crippen LogP contribution is 2.28. The number of aromatic nitrogens is 2. The molecule has 0 spiro atoms. The summed E-state index contributed by atoms with van der Waals surface area (Å²) in [5.41, 5.74) is -1.47. The molecule has 1 N–H and O–H groups in total. The third-order valence-electron chi connectivity index (χ3n) is 3.41. The normalized spacial score (nSPS) is 22.3. The Morgan fingerprint density at radius 2 is 2.20 bits per heavy atom. The van der Waals surface area contributed by atoms with Gasteiger partial charge in [-0.1, -0.05) is 13.8 Å². The van der Waals surface area contributed by atoms with E-state index in [0.717, 1.165) is 0 Å². The van der Waals surface area contributed by atoms with Crippen LogP contribution in [-0.4, -0.2) is 50.6 Å². The van der Waals surface area contributed by atoms with Crippen molar-refractivity contribution >= 4 is 11.9 Å². The molecule has 1 aromatic heterocycles. The van der Waals surface area contributed by atoms with Crippen LogP contribution in [0.1, 0.15) is 42.2 Å². The van der Waals surface area contributed by atoms with E-state index >= 15 is 0 Å². The zero-order chi connectivity index (χ0) is 14.9. The SMILES string of the molecule is CC(C)c1ncncc1C(=O)N1CCC(F)(C(=O)O)C1. The average molecular weight is 281 g/mol. The molecule has 0 aliphatic carbocycles. The molecule has 0 aromatic carbocycles. The van der Waals surface area contributed by atoms with Gasteiger partial charge in [-0.05, 0) is 5.92 Å². The Balaban J connectivity index is 2.24. The topological polar surface area (TPSA) is 83.4 Å². The van der Waals surface area contributed by atoms with Crippen molar-refractivity contribution in [2.24, 2.45) is 0 Å². The highest BCUT2D eigenvalue weighted by molar-refractivity contribution is 5.96. The summed E-state index contributed by atoms with van der Waals surface area (Å²) in [5.74, 6) is -1.93. The van der Waals surface area contributed by atoms with E-state index in [4.69, 9.17) is 5.11 Å². The van der Waals surface area contributed by atoms with Crippen molar-refractivity contribution in [2.75, 3.05) is 13.1 Å². The molecular formula is C13H16FN3O3.